The van der Waals surface area contributed by atoms with Gasteiger partial charge >= 0.3 is 5.97 Å². The van der Waals surface area contributed by atoms with E-state index in [0.29, 0.717) is 18.8 Å². The van der Waals surface area contributed by atoms with Crippen LogP contribution in [0.2, 0.25) is 0 Å². The number of aliphatic carboxylic acids is 1. The SMILES string of the molecule is CCC1CC(C(=O)O)C(C(=O)NC(C)c2ccccc2)C1. The standard InChI is InChI=1S/C17H23NO3/c1-3-12-9-14(15(10-12)17(20)21)16(19)18-11(2)13-7-5-4-6-8-13/h4-8,11-12,14-15H,3,9-10H2,1-2H3,(H,18,19)(H,20,21). The molecule has 0 saturated heterocycles. The molecule has 4 heteroatoms. The molecule has 1 amide bonds. The monoisotopic (exact) mass is 289 g/mol. The molecular weight excluding hydrogens is 266 g/mol. The van der Waals surface area contributed by atoms with Gasteiger partial charge in [0.1, 0.15) is 0 Å². The fraction of sp³-hybridized carbons (Fsp3) is 0.529. The number of benzene rings is 1. The Kier molecular flexibility index (Phi) is 4.99. The van der Waals surface area contributed by atoms with Crippen LogP contribution >= 0.6 is 0 Å². The van der Waals surface area contributed by atoms with E-state index in [9.17, 15) is 14.7 Å². The Morgan fingerprint density at radius 3 is 2.43 bits per heavy atom. The van der Waals surface area contributed by atoms with E-state index in [1.807, 2.05) is 37.3 Å². The summed E-state index contributed by atoms with van der Waals surface area (Å²) in [6, 6.07) is 9.61. The lowest BCUT2D eigenvalue weighted by molar-refractivity contribution is -0.146. The quantitative estimate of drug-likeness (QED) is 0.875. The smallest absolute Gasteiger partial charge is 0.307 e. The summed E-state index contributed by atoms with van der Waals surface area (Å²) >= 11 is 0. The summed E-state index contributed by atoms with van der Waals surface area (Å²) in [5.74, 6) is -1.58. The molecule has 0 aliphatic heterocycles. The molecule has 4 atom stereocenters. The molecule has 0 spiro atoms. The molecule has 1 saturated carbocycles. The molecule has 1 fully saturated rings. The van der Waals surface area contributed by atoms with Gasteiger partial charge in [-0.05, 0) is 31.2 Å². The van der Waals surface area contributed by atoms with Gasteiger partial charge in [0.15, 0.2) is 0 Å². The van der Waals surface area contributed by atoms with Gasteiger partial charge in [-0.1, -0.05) is 43.7 Å². The Morgan fingerprint density at radius 1 is 1.24 bits per heavy atom. The average Bonchev–Trinajstić information content (AvgIpc) is 2.92. The highest BCUT2D eigenvalue weighted by atomic mass is 16.4. The summed E-state index contributed by atoms with van der Waals surface area (Å²) in [6.45, 7) is 3.98. The lowest BCUT2D eigenvalue weighted by atomic mass is 9.94. The van der Waals surface area contributed by atoms with Crippen molar-refractivity contribution in [1.29, 1.82) is 0 Å². The molecule has 114 valence electrons. The minimum Gasteiger partial charge on any atom is -0.481 e. The Morgan fingerprint density at radius 2 is 1.86 bits per heavy atom. The molecule has 4 nitrogen and oxygen atoms in total. The van der Waals surface area contributed by atoms with Crippen molar-refractivity contribution in [2.45, 2.75) is 39.2 Å². The minimum absolute atomic E-state index is 0.103. The van der Waals surface area contributed by atoms with E-state index in [-0.39, 0.29) is 11.9 Å². The van der Waals surface area contributed by atoms with E-state index in [1.165, 1.54) is 0 Å². The van der Waals surface area contributed by atoms with Gasteiger partial charge in [-0.25, -0.2) is 0 Å². The van der Waals surface area contributed by atoms with E-state index in [1.54, 1.807) is 0 Å². The van der Waals surface area contributed by atoms with Crippen molar-refractivity contribution >= 4 is 11.9 Å². The summed E-state index contributed by atoms with van der Waals surface area (Å²) in [4.78, 5) is 23.8. The van der Waals surface area contributed by atoms with E-state index < -0.39 is 17.8 Å². The second-order valence-corrected chi connectivity index (χ2v) is 5.94. The zero-order valence-corrected chi connectivity index (χ0v) is 12.6. The number of nitrogens with one attached hydrogen (secondary N) is 1. The van der Waals surface area contributed by atoms with Crippen molar-refractivity contribution in [3.05, 3.63) is 35.9 Å². The maximum atomic E-state index is 12.4. The van der Waals surface area contributed by atoms with Gasteiger partial charge in [-0.2, -0.15) is 0 Å². The minimum atomic E-state index is -0.849. The molecule has 1 aromatic rings. The largest absolute Gasteiger partial charge is 0.481 e. The van der Waals surface area contributed by atoms with E-state index >= 15 is 0 Å². The first-order valence-electron chi connectivity index (χ1n) is 7.61. The second-order valence-electron chi connectivity index (χ2n) is 5.94. The predicted octanol–water partition coefficient (Wildman–Crippen LogP) is 3.00. The first kappa shape index (κ1) is 15.5. The number of hydrogen-bond acceptors (Lipinski definition) is 2. The molecule has 2 N–H and O–H groups in total. The summed E-state index contributed by atoms with van der Waals surface area (Å²) in [5, 5.41) is 12.3. The molecule has 1 aliphatic rings. The maximum Gasteiger partial charge on any atom is 0.307 e. The van der Waals surface area contributed by atoms with Gasteiger partial charge in [0.2, 0.25) is 5.91 Å². The normalized spacial score (nSPS) is 26.3. The van der Waals surface area contributed by atoms with Crippen LogP contribution in [0, 0.1) is 17.8 Å². The fourth-order valence-electron chi connectivity index (χ4n) is 3.18. The molecule has 0 bridgehead atoms. The first-order valence-corrected chi connectivity index (χ1v) is 7.61. The van der Waals surface area contributed by atoms with Crippen LogP contribution in [0.1, 0.15) is 44.7 Å². The molecule has 0 heterocycles. The van der Waals surface area contributed by atoms with Crippen LogP contribution in [0.5, 0.6) is 0 Å². The Bertz CT molecular complexity index is 500. The molecule has 4 unspecified atom stereocenters. The van der Waals surface area contributed by atoms with Gasteiger partial charge in [0.05, 0.1) is 17.9 Å². The number of carbonyl (C=O) groups excluding carboxylic acids is 1. The van der Waals surface area contributed by atoms with Crippen molar-refractivity contribution in [3.63, 3.8) is 0 Å². The van der Waals surface area contributed by atoms with Gasteiger partial charge in [-0.3, -0.25) is 9.59 Å². The predicted molar refractivity (Wildman–Crippen MR) is 80.6 cm³/mol. The van der Waals surface area contributed by atoms with Crippen LogP contribution in [0.4, 0.5) is 0 Å². The first-order chi connectivity index (χ1) is 10.0. The lowest BCUT2D eigenvalue weighted by Crippen LogP contribution is -2.36. The Balaban J connectivity index is 2.03. The van der Waals surface area contributed by atoms with Gasteiger partial charge < -0.3 is 10.4 Å². The number of rotatable bonds is 5. The molecule has 21 heavy (non-hydrogen) atoms. The number of carboxylic acid groups (broad SMARTS) is 1. The molecule has 0 radical (unpaired) electrons. The number of carbonyl (C=O) groups is 2. The van der Waals surface area contributed by atoms with Crippen LogP contribution in [0.15, 0.2) is 30.3 Å². The third-order valence-corrected chi connectivity index (χ3v) is 4.55. The van der Waals surface area contributed by atoms with Crippen LogP contribution < -0.4 is 5.32 Å². The number of amides is 1. The highest BCUT2D eigenvalue weighted by molar-refractivity contribution is 5.85. The van der Waals surface area contributed by atoms with Gasteiger partial charge in [0, 0.05) is 0 Å². The molecule has 0 aromatic heterocycles. The van der Waals surface area contributed by atoms with E-state index in [4.69, 9.17) is 0 Å². The van der Waals surface area contributed by atoms with Crippen LogP contribution in [-0.2, 0) is 9.59 Å². The zero-order chi connectivity index (χ0) is 15.4. The molecule has 1 aromatic carbocycles. The second kappa shape index (κ2) is 6.74. The highest BCUT2D eigenvalue weighted by Crippen LogP contribution is 2.38. The Labute approximate surface area is 125 Å². The maximum absolute atomic E-state index is 12.4. The number of hydrogen-bond donors (Lipinski definition) is 2. The highest BCUT2D eigenvalue weighted by Gasteiger charge is 2.42. The van der Waals surface area contributed by atoms with Crippen LogP contribution in [-0.4, -0.2) is 17.0 Å². The molecular formula is C17H23NO3. The average molecular weight is 289 g/mol. The van der Waals surface area contributed by atoms with Crippen molar-refractivity contribution in [2.75, 3.05) is 0 Å². The van der Waals surface area contributed by atoms with Crippen molar-refractivity contribution in [1.82, 2.24) is 5.32 Å². The third-order valence-electron chi connectivity index (χ3n) is 4.55. The van der Waals surface area contributed by atoms with E-state index in [0.717, 1.165) is 12.0 Å². The van der Waals surface area contributed by atoms with Gasteiger partial charge in [-0.15, -0.1) is 0 Å². The van der Waals surface area contributed by atoms with Crippen molar-refractivity contribution in [3.8, 4) is 0 Å². The van der Waals surface area contributed by atoms with Gasteiger partial charge in [0.25, 0.3) is 0 Å². The molecule has 2 rings (SSSR count). The molecule has 1 aliphatic carbocycles. The zero-order valence-electron chi connectivity index (χ0n) is 12.6. The van der Waals surface area contributed by atoms with Crippen LogP contribution in [0.25, 0.3) is 0 Å². The fourth-order valence-corrected chi connectivity index (χ4v) is 3.18. The lowest BCUT2D eigenvalue weighted by Gasteiger charge is -2.20. The summed E-state index contributed by atoms with van der Waals surface area (Å²) in [7, 11) is 0. The van der Waals surface area contributed by atoms with Crippen molar-refractivity contribution in [2.24, 2.45) is 17.8 Å². The van der Waals surface area contributed by atoms with Crippen LogP contribution in [0.3, 0.4) is 0 Å². The Hall–Kier alpha value is -1.84. The summed E-state index contributed by atoms with van der Waals surface area (Å²) in [5.41, 5.74) is 1.03. The summed E-state index contributed by atoms with van der Waals surface area (Å²) < 4.78 is 0. The van der Waals surface area contributed by atoms with Crippen molar-refractivity contribution < 1.29 is 14.7 Å². The number of carboxylic acids is 1. The third kappa shape index (κ3) is 3.63. The van der Waals surface area contributed by atoms with E-state index in [2.05, 4.69) is 12.2 Å². The summed E-state index contributed by atoms with van der Waals surface area (Å²) in [6.07, 6.45) is 2.23. The topological polar surface area (TPSA) is 66.4 Å².